The molecule has 3 heterocycles. The summed E-state index contributed by atoms with van der Waals surface area (Å²) >= 11 is 0. The Morgan fingerprint density at radius 3 is 2.48 bits per heavy atom. The van der Waals surface area contributed by atoms with Crippen LogP contribution in [0.25, 0.3) is 0 Å². The van der Waals surface area contributed by atoms with E-state index in [4.69, 9.17) is 4.74 Å². The molecular formula is C17H21FN4O. The van der Waals surface area contributed by atoms with Crippen LogP contribution in [0.2, 0.25) is 0 Å². The molecule has 122 valence electrons. The molecule has 0 unspecified atom stereocenters. The molecule has 2 aromatic rings. The molecule has 1 aliphatic rings. The van der Waals surface area contributed by atoms with Crippen molar-refractivity contribution < 1.29 is 9.13 Å². The normalized spacial score (nSPS) is 16.4. The van der Waals surface area contributed by atoms with Crippen LogP contribution < -0.4 is 4.74 Å². The van der Waals surface area contributed by atoms with Crippen molar-refractivity contribution in [2.45, 2.75) is 13.1 Å². The predicted molar refractivity (Wildman–Crippen MR) is 85.5 cm³/mol. The number of rotatable bonds is 5. The van der Waals surface area contributed by atoms with E-state index in [1.54, 1.807) is 19.4 Å². The number of halogens is 1. The summed E-state index contributed by atoms with van der Waals surface area (Å²) in [6.07, 6.45) is 1.64. The van der Waals surface area contributed by atoms with E-state index in [0.717, 1.165) is 38.4 Å². The number of piperazine rings is 1. The minimum atomic E-state index is -0.226. The second-order valence-corrected chi connectivity index (χ2v) is 5.66. The Kier molecular flexibility index (Phi) is 5.15. The van der Waals surface area contributed by atoms with Crippen LogP contribution >= 0.6 is 0 Å². The maximum absolute atomic E-state index is 13.7. The molecule has 0 bridgehead atoms. The Balaban J connectivity index is 1.51. The van der Waals surface area contributed by atoms with Gasteiger partial charge in [-0.15, -0.1) is 0 Å². The maximum atomic E-state index is 13.7. The van der Waals surface area contributed by atoms with Crippen LogP contribution in [0.4, 0.5) is 4.39 Å². The highest BCUT2D eigenvalue weighted by Gasteiger charge is 2.19. The molecule has 1 fully saturated rings. The molecule has 0 aliphatic carbocycles. The number of pyridine rings is 2. The molecule has 23 heavy (non-hydrogen) atoms. The van der Waals surface area contributed by atoms with Gasteiger partial charge in [-0.1, -0.05) is 6.07 Å². The summed E-state index contributed by atoms with van der Waals surface area (Å²) in [5.74, 6) is 0.419. The van der Waals surface area contributed by atoms with Crippen LogP contribution in [0.15, 0.2) is 36.5 Å². The van der Waals surface area contributed by atoms with E-state index in [0.29, 0.717) is 18.1 Å². The first-order chi connectivity index (χ1) is 11.2. The average molecular weight is 316 g/mol. The van der Waals surface area contributed by atoms with Crippen molar-refractivity contribution in [1.29, 1.82) is 0 Å². The van der Waals surface area contributed by atoms with Crippen LogP contribution in [0, 0.1) is 5.82 Å². The first-order valence-electron chi connectivity index (χ1n) is 7.78. The molecule has 0 amide bonds. The van der Waals surface area contributed by atoms with Gasteiger partial charge >= 0.3 is 0 Å². The highest BCUT2D eigenvalue weighted by Crippen LogP contribution is 2.13. The van der Waals surface area contributed by atoms with Crippen molar-refractivity contribution in [1.82, 2.24) is 19.8 Å². The van der Waals surface area contributed by atoms with Crippen LogP contribution in [-0.2, 0) is 13.1 Å². The van der Waals surface area contributed by atoms with Crippen molar-refractivity contribution in [3.8, 4) is 5.88 Å². The molecule has 3 rings (SSSR count). The van der Waals surface area contributed by atoms with Crippen molar-refractivity contribution >= 4 is 0 Å². The van der Waals surface area contributed by atoms with Gasteiger partial charge in [0.2, 0.25) is 5.88 Å². The zero-order valence-electron chi connectivity index (χ0n) is 13.3. The lowest BCUT2D eigenvalue weighted by atomic mass is 10.2. The lowest BCUT2D eigenvalue weighted by Gasteiger charge is -2.34. The second kappa shape index (κ2) is 7.48. The third-order valence-electron chi connectivity index (χ3n) is 4.05. The summed E-state index contributed by atoms with van der Waals surface area (Å²) in [6.45, 7) is 5.06. The van der Waals surface area contributed by atoms with Crippen molar-refractivity contribution in [3.63, 3.8) is 0 Å². The van der Waals surface area contributed by atoms with Gasteiger partial charge in [0.25, 0.3) is 0 Å². The van der Waals surface area contributed by atoms with Crippen molar-refractivity contribution in [2.75, 3.05) is 33.3 Å². The topological polar surface area (TPSA) is 41.5 Å². The van der Waals surface area contributed by atoms with Crippen molar-refractivity contribution in [2.24, 2.45) is 0 Å². The fourth-order valence-electron chi connectivity index (χ4n) is 2.74. The Morgan fingerprint density at radius 1 is 1.04 bits per heavy atom. The number of hydrogen-bond acceptors (Lipinski definition) is 5. The van der Waals surface area contributed by atoms with Crippen molar-refractivity contribution in [3.05, 3.63) is 53.7 Å². The van der Waals surface area contributed by atoms with Crippen LogP contribution in [0.5, 0.6) is 5.88 Å². The fourth-order valence-corrected chi connectivity index (χ4v) is 2.74. The quantitative estimate of drug-likeness (QED) is 0.843. The van der Waals surface area contributed by atoms with E-state index in [1.165, 1.54) is 6.07 Å². The Bertz CT molecular complexity index is 644. The first-order valence-corrected chi connectivity index (χ1v) is 7.78. The number of nitrogens with zero attached hydrogens (tertiary/aromatic N) is 4. The maximum Gasteiger partial charge on any atom is 0.213 e. The summed E-state index contributed by atoms with van der Waals surface area (Å²) in [5.41, 5.74) is 1.53. The third-order valence-corrected chi connectivity index (χ3v) is 4.05. The first kappa shape index (κ1) is 15.8. The summed E-state index contributed by atoms with van der Waals surface area (Å²) in [4.78, 5) is 13.2. The van der Waals surface area contributed by atoms with E-state index < -0.39 is 0 Å². The second-order valence-electron chi connectivity index (χ2n) is 5.66. The Morgan fingerprint density at radius 2 is 1.78 bits per heavy atom. The van der Waals surface area contributed by atoms with Gasteiger partial charge in [-0.2, -0.15) is 0 Å². The standard InChI is InChI=1S/C17H21FN4O/c1-23-17-6-2-4-14(20-17)12-21-8-10-22(11-9-21)13-16-15(18)5-3-7-19-16/h2-7H,8-13H2,1H3. The molecule has 0 radical (unpaired) electrons. The van der Waals surface area contributed by atoms with E-state index >= 15 is 0 Å². The largest absolute Gasteiger partial charge is 0.481 e. The minimum Gasteiger partial charge on any atom is -0.481 e. The predicted octanol–water partition coefficient (Wildman–Crippen LogP) is 1.94. The smallest absolute Gasteiger partial charge is 0.213 e. The van der Waals surface area contributed by atoms with E-state index in [2.05, 4.69) is 19.8 Å². The molecule has 0 spiro atoms. The molecule has 0 atom stereocenters. The Labute approximate surface area is 135 Å². The monoisotopic (exact) mass is 316 g/mol. The number of aromatic nitrogens is 2. The summed E-state index contributed by atoms with van der Waals surface area (Å²) in [5, 5.41) is 0. The fraction of sp³-hybridized carbons (Fsp3) is 0.412. The van der Waals surface area contributed by atoms with Gasteiger partial charge in [0, 0.05) is 51.5 Å². The lowest BCUT2D eigenvalue weighted by molar-refractivity contribution is 0.119. The SMILES string of the molecule is COc1cccc(CN2CCN(Cc3ncccc3F)CC2)n1. The molecule has 0 saturated carbocycles. The zero-order valence-corrected chi connectivity index (χ0v) is 13.3. The molecule has 0 N–H and O–H groups in total. The van der Waals surface area contributed by atoms with Crippen LogP contribution in [0.1, 0.15) is 11.4 Å². The number of methoxy groups -OCH3 is 1. The molecule has 2 aromatic heterocycles. The minimum absolute atomic E-state index is 0.226. The van der Waals surface area contributed by atoms with Gasteiger partial charge in [0.15, 0.2) is 0 Å². The summed E-state index contributed by atoms with van der Waals surface area (Å²) in [6, 6.07) is 8.91. The number of ether oxygens (including phenoxy) is 1. The van der Waals surface area contributed by atoms with Gasteiger partial charge in [0.1, 0.15) is 5.82 Å². The molecule has 6 heteroatoms. The van der Waals surface area contributed by atoms with Gasteiger partial charge in [-0.3, -0.25) is 14.8 Å². The molecular weight excluding hydrogens is 295 g/mol. The summed E-state index contributed by atoms with van der Waals surface area (Å²) < 4.78 is 18.8. The van der Waals surface area contributed by atoms with E-state index in [9.17, 15) is 4.39 Å². The summed E-state index contributed by atoms with van der Waals surface area (Å²) in [7, 11) is 1.63. The molecule has 1 aliphatic heterocycles. The third kappa shape index (κ3) is 4.24. The lowest BCUT2D eigenvalue weighted by Crippen LogP contribution is -2.45. The van der Waals surface area contributed by atoms with Gasteiger partial charge in [-0.05, 0) is 18.2 Å². The van der Waals surface area contributed by atoms with Gasteiger partial charge < -0.3 is 4.74 Å². The van der Waals surface area contributed by atoms with Crippen LogP contribution in [-0.4, -0.2) is 53.1 Å². The number of hydrogen-bond donors (Lipinski definition) is 0. The average Bonchev–Trinajstić information content (AvgIpc) is 2.59. The zero-order chi connectivity index (χ0) is 16.1. The van der Waals surface area contributed by atoms with Crippen LogP contribution in [0.3, 0.4) is 0 Å². The Hall–Kier alpha value is -2.05. The molecule has 1 saturated heterocycles. The van der Waals surface area contributed by atoms with Gasteiger partial charge in [-0.25, -0.2) is 9.37 Å². The van der Waals surface area contributed by atoms with E-state index in [-0.39, 0.29) is 5.82 Å². The molecule has 5 nitrogen and oxygen atoms in total. The molecule has 0 aromatic carbocycles. The van der Waals surface area contributed by atoms with E-state index in [1.807, 2.05) is 18.2 Å². The van der Waals surface area contributed by atoms with Gasteiger partial charge in [0.05, 0.1) is 18.5 Å². The highest BCUT2D eigenvalue weighted by atomic mass is 19.1. The highest BCUT2D eigenvalue weighted by molar-refractivity contribution is 5.15.